The highest BCUT2D eigenvalue weighted by Gasteiger charge is 2.46. The highest BCUT2D eigenvalue weighted by Crippen LogP contribution is 2.57. The second kappa shape index (κ2) is 14.1. The van der Waals surface area contributed by atoms with E-state index in [9.17, 15) is 5.48 Å². The van der Waals surface area contributed by atoms with Crippen molar-refractivity contribution in [3.8, 4) is 33.4 Å². The standard InChI is InChI=1S/C59H39NO/c1-3-17-43(18-4-1)59(44-19-5-2-6-20-44)55-27-11-9-22-51(55)52-38-37-47(39-56(52)59)60(45-33-29-41(30-34-45)49-24-13-16-40-15-7-8-21-48(40)49)46-35-31-42(32-36-46)50-25-14-26-54-53-23-10-12-28-57(53)61-58(50)54/h1-39H/i29D,30D,33D,34D. The van der Waals surface area contributed by atoms with Gasteiger partial charge in [-0.1, -0.05) is 194 Å². The second-order valence-corrected chi connectivity index (χ2v) is 15.7. The molecular weight excluding hydrogens is 739 g/mol. The Bertz CT molecular complexity index is 3580. The third-order valence-electron chi connectivity index (χ3n) is 12.4. The van der Waals surface area contributed by atoms with E-state index in [1.54, 1.807) is 0 Å². The lowest BCUT2D eigenvalue weighted by molar-refractivity contribution is 0.670. The van der Waals surface area contributed by atoms with Gasteiger partial charge in [0.25, 0.3) is 0 Å². The molecule has 2 nitrogen and oxygen atoms in total. The van der Waals surface area contributed by atoms with Crippen LogP contribution in [0.25, 0.3) is 66.1 Å². The number of anilines is 3. The number of rotatable bonds is 7. The van der Waals surface area contributed by atoms with Crippen LogP contribution in [0.4, 0.5) is 17.1 Å². The number of hydrogen-bond donors (Lipinski definition) is 0. The molecule has 12 rings (SSSR count). The van der Waals surface area contributed by atoms with E-state index >= 15 is 0 Å². The molecule has 1 aliphatic carbocycles. The fraction of sp³-hybridized carbons (Fsp3) is 0.0169. The molecule has 0 bridgehead atoms. The molecular formula is C59H39NO. The van der Waals surface area contributed by atoms with Crippen molar-refractivity contribution in [2.75, 3.05) is 4.90 Å². The van der Waals surface area contributed by atoms with Crippen LogP contribution in [0.5, 0.6) is 0 Å². The molecule has 0 atom stereocenters. The predicted molar refractivity (Wildman–Crippen MR) is 254 cm³/mol. The summed E-state index contributed by atoms with van der Waals surface area (Å²) in [5.41, 5.74) is 12.0. The van der Waals surface area contributed by atoms with Crippen LogP contribution in [0.1, 0.15) is 27.7 Å². The molecule has 0 fully saturated rings. The molecule has 0 saturated carbocycles. The molecule has 0 aliphatic heterocycles. The smallest absolute Gasteiger partial charge is 0.143 e. The SMILES string of the molecule is [2H]c1c([2H])c(N(c2ccc(-c3cccc4c3oc3ccccc34)cc2)c2ccc3c(c2)C(c2ccccc2)(c2ccccc2)c2ccccc2-3)c([2H])c([2H])c1-c1cccc2ccccc12. The van der Waals surface area contributed by atoms with E-state index in [-0.39, 0.29) is 35.4 Å². The summed E-state index contributed by atoms with van der Waals surface area (Å²) in [6.45, 7) is 0. The maximum Gasteiger partial charge on any atom is 0.143 e. The summed E-state index contributed by atoms with van der Waals surface area (Å²) in [5.74, 6) is 0. The number of nitrogens with zero attached hydrogens (tertiary/aromatic N) is 1. The molecule has 10 aromatic carbocycles. The Morgan fingerprint density at radius 1 is 0.377 bits per heavy atom. The average molecular weight is 782 g/mol. The zero-order valence-electron chi connectivity index (χ0n) is 37.1. The zero-order valence-corrected chi connectivity index (χ0v) is 33.1. The molecule has 11 aromatic rings. The lowest BCUT2D eigenvalue weighted by atomic mass is 9.67. The van der Waals surface area contributed by atoms with E-state index < -0.39 is 5.41 Å². The zero-order chi connectivity index (χ0) is 43.8. The van der Waals surface area contributed by atoms with Crippen molar-refractivity contribution in [3.05, 3.63) is 259 Å². The molecule has 0 amide bonds. The fourth-order valence-corrected chi connectivity index (χ4v) is 9.74. The van der Waals surface area contributed by atoms with E-state index in [0.29, 0.717) is 16.9 Å². The maximum atomic E-state index is 9.84. The van der Waals surface area contributed by atoms with Crippen LogP contribution < -0.4 is 4.90 Å². The Balaban J connectivity index is 1.10. The topological polar surface area (TPSA) is 16.4 Å². The number of hydrogen-bond acceptors (Lipinski definition) is 2. The summed E-state index contributed by atoms with van der Waals surface area (Å²) in [5, 5.41) is 3.93. The normalized spacial score (nSPS) is 13.6. The molecule has 0 N–H and O–H groups in total. The number of furan rings is 1. The first-order valence-electron chi connectivity index (χ1n) is 22.7. The van der Waals surface area contributed by atoms with Gasteiger partial charge in [-0.15, -0.1) is 0 Å². The summed E-state index contributed by atoms with van der Waals surface area (Å²) in [7, 11) is 0. The van der Waals surface area contributed by atoms with Crippen molar-refractivity contribution in [2.24, 2.45) is 0 Å². The molecule has 2 heteroatoms. The second-order valence-electron chi connectivity index (χ2n) is 15.7. The molecule has 0 radical (unpaired) electrons. The molecule has 286 valence electrons. The van der Waals surface area contributed by atoms with Crippen LogP contribution in [0.3, 0.4) is 0 Å². The Labute approximate surface area is 360 Å². The van der Waals surface area contributed by atoms with Gasteiger partial charge in [-0.3, -0.25) is 0 Å². The van der Waals surface area contributed by atoms with Crippen molar-refractivity contribution in [1.29, 1.82) is 0 Å². The van der Waals surface area contributed by atoms with Crippen LogP contribution in [-0.4, -0.2) is 0 Å². The highest BCUT2D eigenvalue weighted by molar-refractivity contribution is 6.09. The van der Waals surface area contributed by atoms with E-state index in [0.717, 1.165) is 71.7 Å². The van der Waals surface area contributed by atoms with Crippen molar-refractivity contribution < 1.29 is 9.90 Å². The van der Waals surface area contributed by atoms with Crippen LogP contribution in [-0.2, 0) is 5.41 Å². The average Bonchev–Trinajstić information content (AvgIpc) is 3.89. The van der Waals surface area contributed by atoms with E-state index in [4.69, 9.17) is 4.42 Å². The molecule has 0 unspecified atom stereocenters. The summed E-state index contributed by atoms with van der Waals surface area (Å²) in [6, 6.07) is 71.8. The summed E-state index contributed by atoms with van der Waals surface area (Å²) in [4.78, 5) is 1.91. The Hall–Kier alpha value is -7.94. The Kier molecular flexibility index (Phi) is 7.18. The predicted octanol–water partition coefficient (Wildman–Crippen LogP) is 15.9. The first-order chi connectivity index (χ1) is 31.9. The Morgan fingerprint density at radius 2 is 0.951 bits per heavy atom. The van der Waals surface area contributed by atoms with Gasteiger partial charge < -0.3 is 9.32 Å². The molecule has 1 heterocycles. The third kappa shape index (κ3) is 5.50. The van der Waals surface area contributed by atoms with E-state index in [1.165, 1.54) is 5.56 Å². The van der Waals surface area contributed by atoms with Crippen molar-refractivity contribution in [3.63, 3.8) is 0 Å². The van der Waals surface area contributed by atoms with E-state index in [2.05, 4.69) is 115 Å². The molecule has 0 spiro atoms. The number of fused-ring (bicyclic) bond motifs is 7. The summed E-state index contributed by atoms with van der Waals surface area (Å²) < 4.78 is 45.4. The van der Waals surface area contributed by atoms with Crippen LogP contribution in [0, 0.1) is 0 Å². The molecule has 61 heavy (non-hydrogen) atoms. The van der Waals surface area contributed by atoms with Crippen molar-refractivity contribution in [1.82, 2.24) is 0 Å². The monoisotopic (exact) mass is 781 g/mol. The van der Waals surface area contributed by atoms with Gasteiger partial charge >= 0.3 is 0 Å². The highest BCUT2D eigenvalue weighted by atomic mass is 16.3. The van der Waals surface area contributed by atoms with Gasteiger partial charge in [0.15, 0.2) is 0 Å². The number of para-hydroxylation sites is 2. The van der Waals surface area contributed by atoms with Gasteiger partial charge in [-0.05, 0) is 103 Å². The number of benzene rings is 10. The first-order valence-corrected chi connectivity index (χ1v) is 20.7. The van der Waals surface area contributed by atoms with Gasteiger partial charge in [-0.25, -0.2) is 0 Å². The lowest BCUT2D eigenvalue weighted by Crippen LogP contribution is -2.28. The minimum Gasteiger partial charge on any atom is -0.455 e. The van der Waals surface area contributed by atoms with Gasteiger partial charge in [0.1, 0.15) is 11.2 Å². The molecule has 1 aromatic heterocycles. The molecule has 0 saturated heterocycles. The van der Waals surface area contributed by atoms with Gasteiger partial charge in [0, 0.05) is 33.4 Å². The Morgan fingerprint density at radius 3 is 1.74 bits per heavy atom. The van der Waals surface area contributed by atoms with Crippen LogP contribution in [0.15, 0.2) is 241 Å². The van der Waals surface area contributed by atoms with Gasteiger partial charge in [0.2, 0.25) is 0 Å². The lowest BCUT2D eigenvalue weighted by Gasteiger charge is -2.35. The van der Waals surface area contributed by atoms with Gasteiger partial charge in [0.05, 0.1) is 10.9 Å². The van der Waals surface area contributed by atoms with Crippen molar-refractivity contribution in [2.45, 2.75) is 5.41 Å². The fourth-order valence-electron chi connectivity index (χ4n) is 9.74. The van der Waals surface area contributed by atoms with Crippen LogP contribution in [0.2, 0.25) is 0 Å². The molecule has 1 aliphatic rings. The minimum atomic E-state index is -0.696. The summed E-state index contributed by atoms with van der Waals surface area (Å²) >= 11 is 0. The van der Waals surface area contributed by atoms with Crippen LogP contribution >= 0.6 is 0 Å². The third-order valence-corrected chi connectivity index (χ3v) is 12.4. The van der Waals surface area contributed by atoms with Crippen molar-refractivity contribution >= 4 is 49.8 Å². The quantitative estimate of drug-likeness (QED) is 0.160. The largest absolute Gasteiger partial charge is 0.455 e. The minimum absolute atomic E-state index is 0.105. The van der Waals surface area contributed by atoms with E-state index in [1.807, 2.05) is 102 Å². The van der Waals surface area contributed by atoms with Gasteiger partial charge in [-0.2, -0.15) is 0 Å². The summed E-state index contributed by atoms with van der Waals surface area (Å²) in [6.07, 6.45) is 0. The maximum absolute atomic E-state index is 9.84. The first kappa shape index (κ1) is 31.0.